The number of hydrogen-bond donors (Lipinski definition) is 3. The number of carbonyl (C=O) groups excluding carboxylic acids is 1. The summed E-state index contributed by atoms with van der Waals surface area (Å²) in [6.07, 6.45) is 12.8. The second-order valence-electron chi connectivity index (χ2n) is 11.1. The third-order valence-corrected chi connectivity index (χ3v) is 8.56. The molecule has 1 fully saturated rings. The summed E-state index contributed by atoms with van der Waals surface area (Å²) in [5.74, 6) is -1.82. The molecule has 0 saturated heterocycles. The minimum absolute atomic E-state index is 0.00219. The zero-order valence-electron chi connectivity index (χ0n) is 21.7. The molecule has 2 aliphatic carbocycles. The molecule has 0 spiro atoms. The molecule has 1 aliphatic heterocycles. The number of ether oxygens (including phenoxy) is 1. The van der Waals surface area contributed by atoms with E-state index in [4.69, 9.17) is 4.74 Å². The van der Waals surface area contributed by atoms with Crippen LogP contribution in [-0.2, 0) is 14.3 Å². The van der Waals surface area contributed by atoms with Gasteiger partial charge in [0, 0.05) is 17.8 Å². The predicted molar refractivity (Wildman–Crippen MR) is 135 cm³/mol. The first kappa shape index (κ1) is 27.4. The van der Waals surface area contributed by atoms with Gasteiger partial charge in [0.05, 0.1) is 29.3 Å². The minimum atomic E-state index is -1.12. The van der Waals surface area contributed by atoms with Gasteiger partial charge in [0.15, 0.2) is 0 Å². The Hall–Kier alpha value is -2.18. The van der Waals surface area contributed by atoms with Gasteiger partial charge in [-0.25, -0.2) is 4.79 Å². The largest absolute Gasteiger partial charge is 0.478 e. The lowest BCUT2D eigenvalue weighted by Gasteiger charge is -2.52. The Labute approximate surface area is 209 Å². The number of fused-ring (bicyclic) bond motifs is 3. The van der Waals surface area contributed by atoms with Gasteiger partial charge in [0.2, 0.25) is 0 Å². The molecule has 0 aromatic heterocycles. The summed E-state index contributed by atoms with van der Waals surface area (Å²) in [5, 5.41) is 31.2. The molecule has 0 aromatic rings. The van der Waals surface area contributed by atoms with E-state index in [1.54, 1.807) is 19.1 Å². The maximum Gasteiger partial charge on any atom is 0.333 e. The van der Waals surface area contributed by atoms with Crippen LogP contribution in [0.25, 0.3) is 0 Å². The number of allylic oxidation sites excluding steroid dienone is 5. The van der Waals surface area contributed by atoms with Crippen LogP contribution < -0.4 is 0 Å². The van der Waals surface area contributed by atoms with Crippen molar-refractivity contribution < 1.29 is 29.6 Å². The standard InChI is InChI=1S/C29H42O6/c1-17-10-6-9-13-23-19(3)16-22-24(15-14-18(2)26(22)31)29(23,5)28(34)35-20(4)11-7-8-12-21(25(17)30)27(32)33/h6,9-10,12-13,16-18,20,22-26,30-31H,7-8,11,14-15H2,1-5H3,(H,32,33)/b10-6+,13-9+,21-12-/t17-,18-,20+,22+,23-,24-,25+,26+,29-/m0/s1. The number of aliphatic hydroxyl groups is 2. The lowest BCUT2D eigenvalue weighted by molar-refractivity contribution is -0.172. The summed E-state index contributed by atoms with van der Waals surface area (Å²) in [6.45, 7) is 9.75. The number of cyclic esters (lactones) is 1. The highest BCUT2D eigenvalue weighted by Crippen LogP contribution is 2.55. The van der Waals surface area contributed by atoms with Crippen molar-refractivity contribution in [3.8, 4) is 0 Å². The van der Waals surface area contributed by atoms with Crippen molar-refractivity contribution in [2.75, 3.05) is 0 Å². The number of carboxylic acids is 1. The average molecular weight is 487 g/mol. The second-order valence-corrected chi connectivity index (χ2v) is 11.1. The molecule has 0 bridgehead atoms. The van der Waals surface area contributed by atoms with Crippen LogP contribution in [-0.4, -0.2) is 45.6 Å². The van der Waals surface area contributed by atoms with Gasteiger partial charge in [-0.05, 0) is 64.7 Å². The van der Waals surface area contributed by atoms with Crippen LogP contribution in [0.3, 0.4) is 0 Å². The van der Waals surface area contributed by atoms with Gasteiger partial charge in [0.25, 0.3) is 0 Å². The van der Waals surface area contributed by atoms with Gasteiger partial charge in [-0.3, -0.25) is 4.79 Å². The lowest BCUT2D eigenvalue weighted by Crippen LogP contribution is -2.54. The number of aliphatic carboxylic acids is 1. The van der Waals surface area contributed by atoms with Crippen molar-refractivity contribution in [3.63, 3.8) is 0 Å². The first-order valence-corrected chi connectivity index (χ1v) is 13.0. The molecule has 0 unspecified atom stereocenters. The predicted octanol–water partition coefficient (Wildman–Crippen LogP) is 4.83. The molecule has 0 amide bonds. The molecule has 194 valence electrons. The molecular formula is C29H42O6. The monoisotopic (exact) mass is 486 g/mol. The maximum atomic E-state index is 13.8. The van der Waals surface area contributed by atoms with E-state index < -0.39 is 23.6 Å². The van der Waals surface area contributed by atoms with Gasteiger partial charge in [-0.1, -0.05) is 55.9 Å². The molecular weight excluding hydrogens is 444 g/mol. The maximum absolute atomic E-state index is 13.8. The molecule has 9 atom stereocenters. The Balaban J connectivity index is 2.01. The van der Waals surface area contributed by atoms with E-state index >= 15 is 0 Å². The molecule has 3 N–H and O–H groups in total. The quantitative estimate of drug-likeness (QED) is 0.362. The van der Waals surface area contributed by atoms with Gasteiger partial charge in [0.1, 0.15) is 0 Å². The smallest absolute Gasteiger partial charge is 0.333 e. The summed E-state index contributed by atoms with van der Waals surface area (Å²) in [5.41, 5.74) is 0.237. The highest BCUT2D eigenvalue weighted by molar-refractivity contribution is 5.87. The van der Waals surface area contributed by atoms with Gasteiger partial charge in [-0.2, -0.15) is 0 Å². The first-order chi connectivity index (χ1) is 16.5. The fraction of sp³-hybridized carbons (Fsp3) is 0.655. The van der Waals surface area contributed by atoms with Crippen LogP contribution in [0.4, 0.5) is 0 Å². The zero-order chi connectivity index (χ0) is 25.9. The Bertz CT molecular complexity index is 914. The number of hydrogen-bond acceptors (Lipinski definition) is 5. The van der Waals surface area contributed by atoms with E-state index in [1.807, 2.05) is 39.0 Å². The molecule has 0 aromatic carbocycles. The normalized spacial score (nSPS) is 44.5. The number of carboxylic acid groups (broad SMARTS) is 1. The third-order valence-electron chi connectivity index (χ3n) is 8.56. The minimum Gasteiger partial charge on any atom is -0.478 e. The Morgan fingerprint density at radius 1 is 1.09 bits per heavy atom. The molecule has 6 nitrogen and oxygen atoms in total. The van der Waals surface area contributed by atoms with Crippen LogP contribution in [0.5, 0.6) is 0 Å². The van der Waals surface area contributed by atoms with Crippen molar-refractivity contribution in [2.45, 2.75) is 85.0 Å². The van der Waals surface area contributed by atoms with E-state index in [1.165, 1.54) is 0 Å². The zero-order valence-corrected chi connectivity index (χ0v) is 21.7. The van der Waals surface area contributed by atoms with Crippen molar-refractivity contribution in [1.29, 1.82) is 0 Å². The Morgan fingerprint density at radius 3 is 2.46 bits per heavy atom. The summed E-state index contributed by atoms with van der Waals surface area (Å²) in [7, 11) is 0. The van der Waals surface area contributed by atoms with E-state index in [9.17, 15) is 24.9 Å². The molecule has 35 heavy (non-hydrogen) atoms. The second kappa shape index (κ2) is 11.3. The molecule has 6 heteroatoms. The Morgan fingerprint density at radius 2 is 1.77 bits per heavy atom. The van der Waals surface area contributed by atoms with Crippen molar-refractivity contribution >= 4 is 11.9 Å². The number of rotatable bonds is 1. The lowest BCUT2D eigenvalue weighted by atomic mass is 9.52. The molecule has 0 radical (unpaired) electrons. The summed E-state index contributed by atoms with van der Waals surface area (Å²) in [6, 6.07) is 0. The highest BCUT2D eigenvalue weighted by Gasteiger charge is 2.56. The van der Waals surface area contributed by atoms with Gasteiger partial charge in [-0.15, -0.1) is 0 Å². The van der Waals surface area contributed by atoms with Crippen LogP contribution >= 0.6 is 0 Å². The van der Waals surface area contributed by atoms with Crippen LogP contribution in [0, 0.1) is 35.0 Å². The molecule has 3 aliphatic rings. The highest BCUT2D eigenvalue weighted by atomic mass is 16.5. The number of esters is 1. The topological polar surface area (TPSA) is 104 Å². The van der Waals surface area contributed by atoms with E-state index in [2.05, 4.69) is 13.0 Å². The molecule has 3 rings (SSSR count). The third kappa shape index (κ3) is 5.64. The number of carbonyl (C=O) groups is 2. The Kier molecular flexibility index (Phi) is 8.81. The van der Waals surface area contributed by atoms with Crippen molar-refractivity contribution in [3.05, 3.63) is 47.6 Å². The van der Waals surface area contributed by atoms with Gasteiger partial charge >= 0.3 is 11.9 Å². The van der Waals surface area contributed by atoms with Crippen molar-refractivity contribution in [1.82, 2.24) is 0 Å². The van der Waals surface area contributed by atoms with Gasteiger partial charge < -0.3 is 20.1 Å². The molecule has 1 heterocycles. The van der Waals surface area contributed by atoms with E-state index in [-0.39, 0.29) is 47.2 Å². The van der Waals surface area contributed by atoms with Crippen LogP contribution in [0.1, 0.15) is 66.7 Å². The SMILES string of the molecule is CC1=C[C@H]2[C@H](O)[C@@H](C)CC[C@@H]2[C@@]2(C)C(=O)O[C@H](C)CCC/C=C(\C(=O)O)[C@H](O)[C@@H](C)/C=C/C=C/[C@@H]12. The van der Waals surface area contributed by atoms with Crippen molar-refractivity contribution in [2.24, 2.45) is 35.0 Å². The van der Waals surface area contributed by atoms with Crippen LogP contribution in [0.15, 0.2) is 47.6 Å². The number of aliphatic hydroxyl groups excluding tert-OH is 2. The first-order valence-electron chi connectivity index (χ1n) is 13.0. The summed E-state index contributed by atoms with van der Waals surface area (Å²) >= 11 is 0. The van der Waals surface area contributed by atoms with Crippen LogP contribution in [0.2, 0.25) is 0 Å². The average Bonchev–Trinajstić information content (AvgIpc) is 2.79. The summed E-state index contributed by atoms with van der Waals surface area (Å²) < 4.78 is 6.01. The van der Waals surface area contributed by atoms with E-state index in [0.29, 0.717) is 19.3 Å². The fourth-order valence-electron chi connectivity index (χ4n) is 6.25. The van der Waals surface area contributed by atoms with E-state index in [0.717, 1.165) is 18.4 Å². The summed E-state index contributed by atoms with van der Waals surface area (Å²) in [4.78, 5) is 25.5. The fourth-order valence-corrected chi connectivity index (χ4v) is 6.25. The molecule has 1 saturated carbocycles.